The standard InChI is InChI=1S/C32H40ClFN8O/c1-19(35)5-2-6-20-15-25(29(34)26(33)16-20)28-17-22-18-42(32(43)41-30(22)40-28)24-12-10-21(11-13-24)27-9-3-7-23(39-27)8-4-14-38-31(36)37/h10-13,15-19,23,27,39H,2-9,14,35H2,1H3,(H4,36,37,38)(H,40,41,43)/t19-,23-,27-/m0/s1. The number of halogens is 2. The van der Waals surface area contributed by atoms with Gasteiger partial charge in [-0.2, -0.15) is 4.98 Å². The van der Waals surface area contributed by atoms with Crippen LogP contribution in [0.15, 0.2) is 53.5 Å². The second kappa shape index (κ2) is 13.7. The quantitative estimate of drug-likeness (QED) is 0.0775. The molecule has 0 radical (unpaired) electrons. The molecule has 0 unspecified atom stereocenters. The summed E-state index contributed by atoms with van der Waals surface area (Å²) in [5.74, 6) is -0.505. The molecule has 228 valence electrons. The summed E-state index contributed by atoms with van der Waals surface area (Å²) in [4.78, 5) is 20.4. The molecule has 5 rings (SSSR count). The summed E-state index contributed by atoms with van der Waals surface area (Å²) in [5, 5.41) is 14.7. The zero-order valence-electron chi connectivity index (χ0n) is 24.4. The van der Waals surface area contributed by atoms with Crippen molar-refractivity contribution in [1.29, 1.82) is 5.41 Å². The minimum absolute atomic E-state index is 0.00742. The highest BCUT2D eigenvalue weighted by Gasteiger charge is 2.22. The molecule has 11 heteroatoms. The van der Waals surface area contributed by atoms with E-state index in [2.05, 4.69) is 32.7 Å². The average molecular weight is 607 g/mol. The molecular formula is C32H40ClFN8O. The molecule has 0 bridgehead atoms. The van der Waals surface area contributed by atoms with E-state index in [1.165, 1.54) is 10.1 Å². The van der Waals surface area contributed by atoms with Crippen molar-refractivity contribution in [1.82, 2.24) is 25.2 Å². The maximum atomic E-state index is 15.1. The molecule has 9 nitrogen and oxygen atoms in total. The molecular weight excluding hydrogens is 567 g/mol. The van der Waals surface area contributed by atoms with Gasteiger partial charge >= 0.3 is 5.69 Å². The molecule has 0 aliphatic carbocycles. The zero-order valence-corrected chi connectivity index (χ0v) is 25.2. The monoisotopic (exact) mass is 606 g/mol. The van der Waals surface area contributed by atoms with Crippen molar-refractivity contribution in [3.8, 4) is 16.9 Å². The summed E-state index contributed by atoms with van der Waals surface area (Å²) in [5.41, 5.74) is 14.9. The Balaban J connectivity index is 1.32. The smallest absolute Gasteiger partial charge is 0.354 e. The van der Waals surface area contributed by atoms with E-state index in [1.807, 2.05) is 19.1 Å². The predicted molar refractivity (Wildman–Crippen MR) is 171 cm³/mol. The van der Waals surface area contributed by atoms with Gasteiger partial charge in [-0.3, -0.25) is 9.98 Å². The highest BCUT2D eigenvalue weighted by Crippen LogP contribution is 2.32. The number of piperidine rings is 1. The zero-order chi connectivity index (χ0) is 30.5. The van der Waals surface area contributed by atoms with Crippen molar-refractivity contribution >= 4 is 28.6 Å². The van der Waals surface area contributed by atoms with E-state index in [0.29, 0.717) is 40.6 Å². The fourth-order valence-corrected chi connectivity index (χ4v) is 6.13. The molecule has 0 spiro atoms. The van der Waals surface area contributed by atoms with E-state index in [4.69, 9.17) is 28.5 Å². The predicted octanol–water partition coefficient (Wildman–Crippen LogP) is 5.29. The lowest BCUT2D eigenvalue weighted by molar-refractivity contribution is 0.308. The van der Waals surface area contributed by atoms with Gasteiger partial charge in [-0.1, -0.05) is 30.2 Å². The van der Waals surface area contributed by atoms with E-state index < -0.39 is 11.5 Å². The second-order valence-electron chi connectivity index (χ2n) is 11.6. The molecule has 1 aliphatic heterocycles. The molecule has 43 heavy (non-hydrogen) atoms. The van der Waals surface area contributed by atoms with Crippen LogP contribution in [-0.4, -0.2) is 39.1 Å². The van der Waals surface area contributed by atoms with Crippen LogP contribution in [0.4, 0.5) is 4.39 Å². The lowest BCUT2D eigenvalue weighted by atomic mass is 9.91. The highest BCUT2D eigenvalue weighted by atomic mass is 35.5. The van der Waals surface area contributed by atoms with Gasteiger partial charge in [-0.05, 0) is 93.3 Å². The van der Waals surface area contributed by atoms with E-state index >= 15 is 4.39 Å². The van der Waals surface area contributed by atoms with Gasteiger partial charge in [0.05, 0.1) is 16.4 Å². The van der Waals surface area contributed by atoms with Gasteiger partial charge in [0.25, 0.3) is 0 Å². The Morgan fingerprint density at radius 3 is 2.77 bits per heavy atom. The number of guanidine groups is 1. The summed E-state index contributed by atoms with van der Waals surface area (Å²) in [7, 11) is 0. The van der Waals surface area contributed by atoms with Crippen LogP contribution in [-0.2, 0) is 6.42 Å². The number of nitrogens with one attached hydrogen (secondary N) is 4. The maximum absolute atomic E-state index is 15.1. The number of fused-ring (bicyclic) bond motifs is 1. The number of H-pyrrole nitrogens is 1. The molecule has 1 saturated heterocycles. The first-order valence-corrected chi connectivity index (χ1v) is 15.4. The Bertz CT molecular complexity index is 1630. The van der Waals surface area contributed by atoms with Gasteiger partial charge in [0, 0.05) is 41.8 Å². The molecule has 3 heterocycles. The van der Waals surface area contributed by atoms with Gasteiger partial charge in [0.2, 0.25) is 0 Å². The first-order valence-electron chi connectivity index (χ1n) is 15.0. The molecule has 1 aliphatic rings. The molecule has 3 atom stereocenters. The lowest BCUT2D eigenvalue weighted by Gasteiger charge is -2.31. The molecule has 8 N–H and O–H groups in total. The Morgan fingerprint density at radius 2 is 2.02 bits per heavy atom. The molecule has 1 fully saturated rings. The molecule has 2 aromatic carbocycles. The minimum Gasteiger partial charge on any atom is -0.370 e. The second-order valence-corrected chi connectivity index (χ2v) is 12.0. The molecule has 0 amide bonds. The number of hydrogen-bond donors (Lipinski definition) is 6. The SMILES string of the molecule is C[C@H](N)CCCc1cc(Cl)c(F)c(-c2cc3cn(-c4ccc([C@@H]5CCC[C@@H](CCCNC(=N)N)N5)cc4)c(=O)nc3[nH]2)c1. The third kappa shape index (κ3) is 7.62. The van der Waals surface area contributed by atoms with Crippen LogP contribution in [0, 0.1) is 11.2 Å². The minimum atomic E-state index is -0.513. The van der Waals surface area contributed by atoms with E-state index in [0.717, 1.165) is 56.9 Å². The summed E-state index contributed by atoms with van der Waals surface area (Å²) in [6.07, 6.45) is 9.50. The Kier molecular flexibility index (Phi) is 9.79. The Labute approximate surface area is 255 Å². The van der Waals surface area contributed by atoms with Gasteiger partial charge in [-0.15, -0.1) is 0 Å². The van der Waals surface area contributed by atoms with Crippen molar-refractivity contribution in [2.24, 2.45) is 11.5 Å². The molecule has 0 saturated carbocycles. The van der Waals surface area contributed by atoms with Crippen molar-refractivity contribution in [3.63, 3.8) is 0 Å². The van der Waals surface area contributed by atoms with E-state index in [9.17, 15) is 4.79 Å². The molecule has 2 aromatic heterocycles. The highest BCUT2D eigenvalue weighted by molar-refractivity contribution is 6.31. The number of aryl methyl sites for hydroxylation is 1. The largest absolute Gasteiger partial charge is 0.370 e. The van der Waals surface area contributed by atoms with Gasteiger partial charge in [0.15, 0.2) is 11.8 Å². The summed E-state index contributed by atoms with van der Waals surface area (Å²) >= 11 is 6.25. The third-order valence-electron chi connectivity index (χ3n) is 8.11. The van der Waals surface area contributed by atoms with Gasteiger partial charge < -0.3 is 27.1 Å². The molecule has 4 aromatic rings. The van der Waals surface area contributed by atoms with Crippen LogP contribution < -0.4 is 27.8 Å². The number of rotatable bonds is 11. The van der Waals surface area contributed by atoms with Gasteiger partial charge in [-0.25, -0.2) is 9.18 Å². The lowest BCUT2D eigenvalue weighted by Crippen LogP contribution is -2.38. The van der Waals surface area contributed by atoms with Crippen LogP contribution in [0.3, 0.4) is 0 Å². The Morgan fingerprint density at radius 1 is 1.23 bits per heavy atom. The number of nitrogens with two attached hydrogens (primary N) is 2. The van der Waals surface area contributed by atoms with Crippen molar-refractivity contribution < 1.29 is 4.39 Å². The average Bonchev–Trinajstić information content (AvgIpc) is 3.39. The Hall–Kier alpha value is -3.73. The number of nitrogens with zero attached hydrogens (tertiary/aromatic N) is 2. The fourth-order valence-electron chi connectivity index (χ4n) is 5.89. The van der Waals surface area contributed by atoms with Crippen molar-refractivity contribution in [2.75, 3.05) is 6.54 Å². The van der Waals surface area contributed by atoms with Crippen LogP contribution in [0.25, 0.3) is 28.0 Å². The summed E-state index contributed by atoms with van der Waals surface area (Å²) in [6.45, 7) is 2.67. The first-order chi connectivity index (χ1) is 20.7. The topological polar surface area (TPSA) is 151 Å². The first kappa shape index (κ1) is 30.7. The summed E-state index contributed by atoms with van der Waals surface area (Å²) in [6, 6.07) is 14.0. The van der Waals surface area contributed by atoms with E-state index in [-0.39, 0.29) is 23.1 Å². The van der Waals surface area contributed by atoms with Crippen LogP contribution in [0.5, 0.6) is 0 Å². The normalized spacial score (nSPS) is 17.7. The summed E-state index contributed by atoms with van der Waals surface area (Å²) < 4.78 is 16.6. The van der Waals surface area contributed by atoms with Crippen LogP contribution in [0.2, 0.25) is 5.02 Å². The maximum Gasteiger partial charge on any atom is 0.354 e. The third-order valence-corrected chi connectivity index (χ3v) is 8.39. The number of benzene rings is 2. The number of aromatic nitrogens is 3. The van der Waals surface area contributed by atoms with E-state index in [1.54, 1.807) is 24.4 Å². The van der Waals surface area contributed by atoms with Crippen LogP contribution in [0.1, 0.15) is 69.0 Å². The van der Waals surface area contributed by atoms with Gasteiger partial charge in [0.1, 0.15) is 5.65 Å². The number of aromatic amines is 1. The van der Waals surface area contributed by atoms with Crippen molar-refractivity contribution in [2.45, 2.75) is 76.4 Å². The number of hydrogen-bond acceptors (Lipinski definition) is 5. The van der Waals surface area contributed by atoms with Crippen LogP contribution >= 0.6 is 11.6 Å². The fraction of sp³-hybridized carbons (Fsp3) is 0.406. The van der Waals surface area contributed by atoms with Crippen molar-refractivity contribution in [3.05, 3.63) is 81.1 Å².